The van der Waals surface area contributed by atoms with Crippen LogP contribution in [0.1, 0.15) is 13.8 Å². The summed E-state index contributed by atoms with van der Waals surface area (Å²) in [7, 11) is -2.67. The predicted molar refractivity (Wildman–Crippen MR) is 144 cm³/mol. The minimum atomic E-state index is -4.11. The fraction of sp³-hybridized carbons (Fsp3) is 0.321. The number of hydrogen-bond acceptors (Lipinski definition) is 5. The molecule has 214 valence electrons. The van der Waals surface area contributed by atoms with Gasteiger partial charge in [-0.2, -0.15) is 4.31 Å². The van der Waals surface area contributed by atoms with E-state index in [-0.39, 0.29) is 29.4 Å². The van der Waals surface area contributed by atoms with Gasteiger partial charge in [-0.15, -0.1) is 0 Å². The molecule has 0 fully saturated rings. The highest BCUT2D eigenvalue weighted by Crippen LogP contribution is 2.36. The number of aliphatic hydroxyl groups excluding tert-OH is 1. The van der Waals surface area contributed by atoms with Gasteiger partial charge in [0.1, 0.15) is 34.2 Å². The van der Waals surface area contributed by atoms with Crippen LogP contribution in [0.25, 0.3) is 11.1 Å². The molecule has 12 heteroatoms. The first kappa shape index (κ1) is 29.4. The number of benzene rings is 3. The number of nitrogens with zero attached hydrogens (tertiary/aromatic N) is 2. The molecule has 1 heterocycles. The van der Waals surface area contributed by atoms with Crippen molar-refractivity contribution in [2.45, 2.75) is 30.9 Å². The Hall–Kier alpha value is -3.61. The third-order valence-electron chi connectivity index (χ3n) is 6.80. The molecule has 0 saturated carbocycles. The third-order valence-corrected chi connectivity index (χ3v) is 8.82. The van der Waals surface area contributed by atoms with Crippen LogP contribution in [0.15, 0.2) is 65.6 Å². The molecule has 0 saturated heterocycles. The van der Waals surface area contributed by atoms with Crippen molar-refractivity contribution in [2.24, 2.45) is 5.92 Å². The maximum Gasteiger partial charge on any atom is 0.321 e. The molecule has 0 bridgehead atoms. The molecule has 1 aliphatic rings. The zero-order valence-electron chi connectivity index (χ0n) is 22.1. The summed E-state index contributed by atoms with van der Waals surface area (Å²) in [6, 6.07) is 11.4. The summed E-state index contributed by atoms with van der Waals surface area (Å²) in [5.41, 5.74) is 0.683. The zero-order chi connectivity index (χ0) is 29.2. The van der Waals surface area contributed by atoms with E-state index in [1.54, 1.807) is 26.0 Å². The second-order valence-electron chi connectivity index (χ2n) is 9.85. The third kappa shape index (κ3) is 6.24. The fourth-order valence-electron chi connectivity index (χ4n) is 4.45. The number of carbonyl (C=O) groups is 1. The van der Waals surface area contributed by atoms with Gasteiger partial charge in [-0.05, 0) is 54.4 Å². The number of halogens is 3. The molecule has 1 aliphatic heterocycles. The van der Waals surface area contributed by atoms with Crippen LogP contribution in [0.4, 0.5) is 23.7 Å². The van der Waals surface area contributed by atoms with Crippen molar-refractivity contribution in [3.63, 3.8) is 0 Å². The van der Waals surface area contributed by atoms with E-state index in [0.717, 1.165) is 18.2 Å². The highest BCUT2D eigenvalue weighted by atomic mass is 32.2. The Morgan fingerprint density at radius 2 is 1.80 bits per heavy atom. The Morgan fingerprint density at radius 1 is 1.10 bits per heavy atom. The van der Waals surface area contributed by atoms with Crippen molar-refractivity contribution in [2.75, 3.05) is 32.1 Å². The quantitative estimate of drug-likeness (QED) is 0.443. The number of sulfonamides is 1. The number of rotatable bonds is 6. The van der Waals surface area contributed by atoms with Gasteiger partial charge in [0.15, 0.2) is 0 Å². The van der Waals surface area contributed by atoms with Crippen molar-refractivity contribution in [1.29, 1.82) is 0 Å². The van der Waals surface area contributed by atoms with Crippen LogP contribution in [0, 0.1) is 23.4 Å². The van der Waals surface area contributed by atoms with Gasteiger partial charge < -0.3 is 20.1 Å². The van der Waals surface area contributed by atoms with Crippen LogP contribution in [-0.4, -0.2) is 67.7 Å². The van der Waals surface area contributed by atoms with E-state index in [4.69, 9.17) is 4.74 Å². The van der Waals surface area contributed by atoms with Crippen molar-refractivity contribution in [3.05, 3.63) is 78.1 Å². The van der Waals surface area contributed by atoms with Gasteiger partial charge in [-0.1, -0.05) is 25.1 Å². The Balaban J connectivity index is 1.69. The van der Waals surface area contributed by atoms with E-state index < -0.39 is 58.2 Å². The van der Waals surface area contributed by atoms with E-state index in [1.165, 1.54) is 46.6 Å². The normalized spacial score (nSPS) is 19.5. The van der Waals surface area contributed by atoms with Crippen molar-refractivity contribution in [1.82, 2.24) is 9.21 Å². The summed E-state index contributed by atoms with van der Waals surface area (Å²) in [6.45, 7) is 2.84. The predicted octanol–water partition coefficient (Wildman–Crippen LogP) is 4.70. The number of nitrogens with one attached hydrogen (secondary N) is 1. The second-order valence-corrected chi connectivity index (χ2v) is 11.7. The molecule has 8 nitrogen and oxygen atoms in total. The summed E-state index contributed by atoms with van der Waals surface area (Å²) in [5.74, 6) is -2.47. The van der Waals surface area contributed by atoms with E-state index >= 15 is 0 Å². The molecule has 3 aromatic carbocycles. The van der Waals surface area contributed by atoms with Gasteiger partial charge in [-0.3, -0.25) is 0 Å². The highest BCUT2D eigenvalue weighted by molar-refractivity contribution is 7.89. The summed E-state index contributed by atoms with van der Waals surface area (Å²) < 4.78 is 76.3. The fourth-order valence-corrected chi connectivity index (χ4v) is 6.27. The molecule has 3 aromatic rings. The lowest BCUT2D eigenvalue weighted by molar-refractivity contribution is 0.0830. The molecule has 40 heavy (non-hydrogen) atoms. The average molecular weight is 578 g/mol. The van der Waals surface area contributed by atoms with Gasteiger partial charge in [0.25, 0.3) is 0 Å². The van der Waals surface area contributed by atoms with Gasteiger partial charge in [0.2, 0.25) is 10.0 Å². The highest BCUT2D eigenvalue weighted by Gasteiger charge is 2.38. The van der Waals surface area contributed by atoms with E-state index in [9.17, 15) is 31.5 Å². The van der Waals surface area contributed by atoms with Crippen LogP contribution in [0.2, 0.25) is 0 Å². The van der Waals surface area contributed by atoms with Gasteiger partial charge >= 0.3 is 6.03 Å². The number of anilines is 1. The summed E-state index contributed by atoms with van der Waals surface area (Å²) in [4.78, 5) is 13.9. The Morgan fingerprint density at radius 3 is 2.50 bits per heavy atom. The number of carbonyl (C=O) groups excluding carboxylic acids is 1. The number of ether oxygens (including phenoxy) is 1. The van der Waals surface area contributed by atoms with Gasteiger partial charge in [-0.25, -0.2) is 26.4 Å². The van der Waals surface area contributed by atoms with Gasteiger partial charge in [0.05, 0.1) is 18.8 Å². The molecule has 0 aromatic heterocycles. The maximum atomic E-state index is 14.1. The summed E-state index contributed by atoms with van der Waals surface area (Å²) in [6.07, 6.45) is -0.751. The molecule has 4 rings (SSSR count). The molecule has 0 unspecified atom stereocenters. The lowest BCUT2D eigenvalue weighted by atomic mass is 10.0. The lowest BCUT2D eigenvalue weighted by Gasteiger charge is -2.37. The van der Waals surface area contributed by atoms with Crippen LogP contribution in [0.3, 0.4) is 0 Å². The number of amides is 2. The smallest absolute Gasteiger partial charge is 0.321 e. The SMILES string of the molecule is C[C@H]1CN([C@@H](C)CO)S(=O)(=O)c2ccc(-c3cccc(F)c3)cc2O[C@H]1CN(C)C(=O)Nc1cc(F)ccc1F. The number of urea groups is 1. The van der Waals surface area contributed by atoms with Crippen LogP contribution in [-0.2, 0) is 10.0 Å². The summed E-state index contributed by atoms with van der Waals surface area (Å²) in [5, 5.41) is 12.1. The van der Waals surface area contributed by atoms with Gasteiger partial charge in [0, 0.05) is 31.6 Å². The van der Waals surface area contributed by atoms with Crippen LogP contribution >= 0.6 is 0 Å². The summed E-state index contributed by atoms with van der Waals surface area (Å²) >= 11 is 0. The topological polar surface area (TPSA) is 99.2 Å². The van der Waals surface area contributed by atoms with Crippen molar-refractivity contribution >= 4 is 21.7 Å². The maximum absolute atomic E-state index is 14.1. The Bertz CT molecular complexity index is 1500. The lowest BCUT2D eigenvalue weighted by Crippen LogP contribution is -2.50. The zero-order valence-corrected chi connectivity index (χ0v) is 23.0. The minimum absolute atomic E-state index is 0.00145. The molecule has 0 radical (unpaired) electrons. The largest absolute Gasteiger partial charge is 0.487 e. The second kappa shape index (κ2) is 11.9. The number of aliphatic hydroxyl groups is 1. The molecule has 2 N–H and O–H groups in total. The molecule has 3 atom stereocenters. The first-order valence-corrected chi connectivity index (χ1v) is 14.0. The van der Waals surface area contributed by atoms with E-state index in [0.29, 0.717) is 11.1 Å². The standard InChI is InChI=1S/C28H30F3N3O5S/c1-17-14-34(18(2)16-35)40(37,38)27-10-7-20(19-5-4-6-21(29)11-19)12-25(27)39-26(17)15-33(3)28(36)32-24-13-22(30)8-9-23(24)31/h4-13,17-18,26,35H,14-16H2,1-3H3,(H,32,36)/t17-,18-,26-/m0/s1. The molecule has 2 amide bonds. The first-order valence-electron chi connectivity index (χ1n) is 12.6. The van der Waals surface area contributed by atoms with Crippen LogP contribution < -0.4 is 10.1 Å². The number of hydrogen-bond donors (Lipinski definition) is 2. The molecule has 0 spiro atoms. The van der Waals surface area contributed by atoms with Crippen LogP contribution in [0.5, 0.6) is 5.75 Å². The van der Waals surface area contributed by atoms with Crippen molar-refractivity contribution < 1.29 is 36.2 Å². The number of fused-ring (bicyclic) bond motifs is 1. The molecular weight excluding hydrogens is 547 g/mol. The Kier molecular flexibility index (Phi) is 8.71. The molecular formula is C28H30F3N3O5S. The van der Waals surface area contributed by atoms with Crippen molar-refractivity contribution in [3.8, 4) is 16.9 Å². The van der Waals surface area contributed by atoms with E-state index in [2.05, 4.69) is 5.32 Å². The molecule has 0 aliphatic carbocycles. The average Bonchev–Trinajstić information content (AvgIpc) is 2.91. The first-order chi connectivity index (χ1) is 18.9. The minimum Gasteiger partial charge on any atom is -0.487 e. The number of likely N-dealkylation sites (N-methyl/N-ethyl adjacent to an activating group) is 1. The Labute approximate surface area is 231 Å². The monoisotopic (exact) mass is 577 g/mol. The van der Waals surface area contributed by atoms with E-state index in [1.807, 2.05) is 0 Å².